The van der Waals surface area contributed by atoms with Crippen molar-refractivity contribution in [2.24, 2.45) is 0 Å². The Balaban J connectivity index is 1.41. The van der Waals surface area contributed by atoms with Crippen molar-refractivity contribution in [1.29, 1.82) is 0 Å². The molecule has 3 aromatic rings. The van der Waals surface area contributed by atoms with Crippen LogP contribution in [0.4, 0.5) is 4.39 Å². The van der Waals surface area contributed by atoms with Crippen LogP contribution < -0.4 is 4.74 Å². The van der Waals surface area contributed by atoms with Crippen LogP contribution in [0.1, 0.15) is 60.0 Å². The van der Waals surface area contributed by atoms with Crippen molar-refractivity contribution in [2.45, 2.75) is 62.1 Å². The summed E-state index contributed by atoms with van der Waals surface area (Å²) in [5.74, 6) is 2.10. The molecule has 5 rings (SSSR count). The number of benzene rings is 1. The Morgan fingerprint density at radius 1 is 1.20 bits per heavy atom. The van der Waals surface area contributed by atoms with E-state index in [1.165, 1.54) is 43.0 Å². The normalized spacial score (nSPS) is 17.0. The number of halogens is 1. The van der Waals surface area contributed by atoms with Crippen LogP contribution in [0, 0.1) is 5.82 Å². The van der Waals surface area contributed by atoms with E-state index in [1.54, 1.807) is 29.2 Å². The number of rotatable bonds is 6. The molecule has 1 aromatic carbocycles. The number of thioether (sulfide) groups is 1. The lowest BCUT2D eigenvalue weighted by molar-refractivity contribution is -0.0171. The Morgan fingerprint density at radius 3 is 2.93 bits per heavy atom. The molecule has 0 spiro atoms. The summed E-state index contributed by atoms with van der Waals surface area (Å²) in [4.78, 5) is 1.30. The zero-order valence-corrected chi connectivity index (χ0v) is 18.3. The quantitative estimate of drug-likeness (QED) is 0.453. The zero-order chi connectivity index (χ0) is 20.3. The Hall–Kier alpha value is -1.90. The van der Waals surface area contributed by atoms with Gasteiger partial charge in [-0.15, -0.1) is 21.5 Å². The van der Waals surface area contributed by atoms with E-state index in [0.29, 0.717) is 18.4 Å². The van der Waals surface area contributed by atoms with Crippen molar-refractivity contribution in [3.8, 4) is 5.75 Å². The van der Waals surface area contributed by atoms with E-state index >= 15 is 0 Å². The third-order valence-electron chi connectivity index (χ3n) is 5.70. The molecular formula is C22H24FN3O2S2. The van der Waals surface area contributed by atoms with Crippen molar-refractivity contribution in [1.82, 2.24) is 14.8 Å². The predicted molar refractivity (Wildman–Crippen MR) is 116 cm³/mol. The van der Waals surface area contributed by atoms with Crippen molar-refractivity contribution in [3.63, 3.8) is 0 Å². The van der Waals surface area contributed by atoms with E-state index in [-0.39, 0.29) is 12.6 Å². The number of hydrogen-bond acceptors (Lipinski definition) is 6. The third-order valence-corrected chi connectivity index (χ3v) is 7.56. The second-order valence-corrected chi connectivity index (χ2v) is 9.74. The second kappa shape index (κ2) is 9.08. The van der Waals surface area contributed by atoms with Gasteiger partial charge in [0.15, 0.2) is 11.9 Å². The molecule has 2 aromatic heterocycles. The summed E-state index contributed by atoms with van der Waals surface area (Å²) in [6.07, 6.45) is 6.93. The van der Waals surface area contributed by atoms with Crippen LogP contribution in [-0.4, -0.2) is 21.6 Å². The van der Waals surface area contributed by atoms with Gasteiger partial charge in [0.1, 0.15) is 17.4 Å². The van der Waals surface area contributed by atoms with Gasteiger partial charge in [0.25, 0.3) is 0 Å². The van der Waals surface area contributed by atoms with E-state index in [4.69, 9.17) is 9.47 Å². The Kier molecular flexibility index (Phi) is 6.06. The molecule has 1 saturated carbocycles. The number of fused-ring (bicyclic) bond motifs is 1. The first-order valence-electron chi connectivity index (χ1n) is 10.4. The van der Waals surface area contributed by atoms with E-state index in [2.05, 4.69) is 32.3 Å². The van der Waals surface area contributed by atoms with Crippen molar-refractivity contribution < 1.29 is 13.9 Å². The lowest BCUT2D eigenvalue weighted by atomic mass is 9.95. The van der Waals surface area contributed by atoms with Crippen LogP contribution in [-0.2, 0) is 23.5 Å². The fraction of sp³-hybridized carbons (Fsp3) is 0.455. The van der Waals surface area contributed by atoms with Crippen LogP contribution in [0.15, 0.2) is 34.8 Å². The zero-order valence-electron chi connectivity index (χ0n) is 16.7. The summed E-state index contributed by atoms with van der Waals surface area (Å²) in [5, 5.41) is 12.1. The minimum absolute atomic E-state index is 0.208. The highest BCUT2D eigenvalue weighted by atomic mass is 32.2. The molecule has 2 aliphatic rings. The van der Waals surface area contributed by atoms with Gasteiger partial charge in [-0.05, 0) is 36.4 Å². The fourth-order valence-electron chi connectivity index (χ4n) is 4.31. The first kappa shape index (κ1) is 20.0. The molecule has 0 atom stereocenters. The highest BCUT2D eigenvalue weighted by Crippen LogP contribution is 2.37. The molecule has 8 heteroatoms. The summed E-state index contributed by atoms with van der Waals surface area (Å²) in [5.41, 5.74) is 1.61. The number of hydrogen-bond donors (Lipinski definition) is 0. The Labute approximate surface area is 183 Å². The topological polar surface area (TPSA) is 49.2 Å². The van der Waals surface area contributed by atoms with Crippen LogP contribution in [0.5, 0.6) is 5.75 Å². The van der Waals surface area contributed by atoms with Gasteiger partial charge in [-0.25, -0.2) is 4.39 Å². The molecular weight excluding hydrogens is 421 g/mol. The summed E-state index contributed by atoms with van der Waals surface area (Å²) in [6.45, 7) is 0.591. The number of nitrogens with zero attached hydrogens (tertiary/aromatic N) is 3. The highest BCUT2D eigenvalue weighted by Gasteiger charge is 2.24. The van der Waals surface area contributed by atoms with Crippen molar-refractivity contribution in [3.05, 3.63) is 57.3 Å². The maximum absolute atomic E-state index is 14.1. The van der Waals surface area contributed by atoms with Gasteiger partial charge in [0, 0.05) is 34.2 Å². The predicted octanol–water partition coefficient (Wildman–Crippen LogP) is 5.73. The lowest BCUT2D eigenvalue weighted by Gasteiger charge is -2.26. The molecule has 1 aliphatic heterocycles. The molecule has 1 aliphatic carbocycles. The van der Waals surface area contributed by atoms with E-state index in [1.807, 2.05) is 0 Å². The average Bonchev–Trinajstić information content (AvgIpc) is 3.43. The maximum Gasteiger partial charge on any atom is 0.191 e. The van der Waals surface area contributed by atoms with E-state index in [0.717, 1.165) is 34.3 Å². The molecule has 3 heterocycles. The van der Waals surface area contributed by atoms with Gasteiger partial charge < -0.3 is 14.0 Å². The fourth-order valence-corrected chi connectivity index (χ4v) is 6.00. The van der Waals surface area contributed by atoms with Gasteiger partial charge in [0.2, 0.25) is 0 Å². The molecule has 0 amide bonds. The highest BCUT2D eigenvalue weighted by molar-refractivity contribution is 7.98. The van der Waals surface area contributed by atoms with Crippen LogP contribution in [0.25, 0.3) is 0 Å². The monoisotopic (exact) mass is 445 g/mol. The van der Waals surface area contributed by atoms with Gasteiger partial charge >= 0.3 is 0 Å². The molecule has 0 unspecified atom stereocenters. The summed E-state index contributed by atoms with van der Waals surface area (Å²) < 4.78 is 27.4. The molecule has 30 heavy (non-hydrogen) atoms. The molecule has 1 fully saturated rings. The van der Waals surface area contributed by atoms with Crippen molar-refractivity contribution in [2.75, 3.05) is 6.79 Å². The maximum atomic E-state index is 14.1. The molecule has 158 valence electrons. The van der Waals surface area contributed by atoms with Crippen LogP contribution >= 0.6 is 23.1 Å². The minimum atomic E-state index is -0.259. The first-order valence-corrected chi connectivity index (χ1v) is 12.3. The van der Waals surface area contributed by atoms with Gasteiger partial charge in [-0.2, -0.15) is 0 Å². The van der Waals surface area contributed by atoms with Gasteiger partial charge in [0.05, 0.1) is 6.61 Å². The second-order valence-electron chi connectivity index (χ2n) is 7.77. The average molecular weight is 446 g/mol. The summed E-state index contributed by atoms with van der Waals surface area (Å²) in [6, 6.07) is 7.72. The third kappa shape index (κ3) is 4.26. The number of ether oxygens (including phenoxy) is 2. The SMILES string of the molecule is Fc1cc2c(c(CSc3nnc(Cc4cccs4)n3C3CCCCC3)c1)OCOC2. The van der Waals surface area contributed by atoms with E-state index < -0.39 is 0 Å². The van der Waals surface area contributed by atoms with Crippen molar-refractivity contribution >= 4 is 23.1 Å². The molecule has 5 nitrogen and oxygen atoms in total. The molecule has 0 radical (unpaired) electrons. The van der Waals surface area contributed by atoms with Gasteiger partial charge in [-0.1, -0.05) is 37.1 Å². The molecule has 0 saturated heterocycles. The summed E-state index contributed by atoms with van der Waals surface area (Å²) in [7, 11) is 0. The number of thiophene rings is 1. The van der Waals surface area contributed by atoms with Crippen LogP contribution in [0.2, 0.25) is 0 Å². The van der Waals surface area contributed by atoms with E-state index in [9.17, 15) is 4.39 Å². The van der Waals surface area contributed by atoms with Crippen LogP contribution in [0.3, 0.4) is 0 Å². The lowest BCUT2D eigenvalue weighted by Crippen LogP contribution is -2.17. The molecule has 0 bridgehead atoms. The molecule has 0 N–H and O–H groups in total. The Bertz CT molecular complexity index is 1000. The summed E-state index contributed by atoms with van der Waals surface area (Å²) >= 11 is 3.37. The first-order chi connectivity index (χ1) is 14.8. The number of aromatic nitrogens is 3. The minimum Gasteiger partial charge on any atom is -0.467 e. The smallest absolute Gasteiger partial charge is 0.191 e. The Morgan fingerprint density at radius 2 is 2.10 bits per heavy atom. The standard InChI is InChI=1S/C22H24FN3O2S2/c23-17-9-15-12-27-14-28-21(15)16(10-17)13-30-22-25-24-20(11-19-7-4-8-29-19)26(22)18-5-2-1-3-6-18/h4,7-10,18H,1-3,5-6,11-14H2. The van der Waals surface area contributed by atoms with Gasteiger partial charge in [-0.3, -0.25) is 0 Å². The largest absolute Gasteiger partial charge is 0.467 e.